The summed E-state index contributed by atoms with van der Waals surface area (Å²) < 4.78 is 6.53. The predicted molar refractivity (Wildman–Crippen MR) is 134 cm³/mol. The number of nitro benzene ring substituents is 1. The van der Waals surface area contributed by atoms with Crippen molar-refractivity contribution < 1.29 is 19.3 Å². The van der Waals surface area contributed by atoms with E-state index >= 15 is 0 Å². The Kier molecular flexibility index (Phi) is 6.09. The fraction of sp³-hybridized carbons (Fsp3) is 0.125. The summed E-state index contributed by atoms with van der Waals surface area (Å²) in [5.74, 6) is 1.00. The van der Waals surface area contributed by atoms with Gasteiger partial charge in [0.2, 0.25) is 5.91 Å². The Morgan fingerprint density at radius 1 is 1.14 bits per heavy atom. The smallest absolute Gasteiger partial charge is 0.365 e. The zero-order chi connectivity index (χ0) is 25.2. The number of ether oxygens (including phenoxy) is 1. The Morgan fingerprint density at radius 3 is 2.56 bits per heavy atom. The highest BCUT2D eigenvalue weighted by Crippen LogP contribution is 2.27. The highest BCUT2D eigenvalue weighted by atomic mass is 32.1. The average molecular weight is 503 g/mol. The molecule has 0 radical (unpaired) electrons. The fourth-order valence-corrected chi connectivity index (χ4v) is 4.47. The Hall–Kier alpha value is -4.71. The molecule has 0 unspecified atom stereocenters. The molecule has 0 aliphatic rings. The van der Waals surface area contributed by atoms with E-state index in [0.29, 0.717) is 28.9 Å². The van der Waals surface area contributed by atoms with Gasteiger partial charge in [0.05, 0.1) is 16.2 Å². The second kappa shape index (κ2) is 9.50. The molecule has 0 fully saturated rings. The third kappa shape index (κ3) is 4.61. The van der Waals surface area contributed by atoms with Crippen LogP contribution >= 0.6 is 11.3 Å². The van der Waals surface area contributed by atoms with E-state index in [4.69, 9.17) is 14.8 Å². The van der Waals surface area contributed by atoms with E-state index in [0.717, 1.165) is 21.5 Å². The molecule has 0 saturated carbocycles. The van der Waals surface area contributed by atoms with Crippen LogP contribution in [0.2, 0.25) is 0 Å². The lowest BCUT2D eigenvalue weighted by molar-refractivity contribution is -0.734. The molecular formula is C24H20N7O4S+. The van der Waals surface area contributed by atoms with Gasteiger partial charge in [-0.05, 0) is 70.1 Å². The molecule has 0 spiro atoms. The molecular weight excluding hydrogens is 482 g/mol. The van der Waals surface area contributed by atoms with Gasteiger partial charge in [-0.25, -0.2) is 0 Å². The van der Waals surface area contributed by atoms with E-state index in [1.165, 1.54) is 30.4 Å². The van der Waals surface area contributed by atoms with Crippen molar-refractivity contribution >= 4 is 38.8 Å². The average Bonchev–Trinajstić information content (AvgIpc) is 3.49. The van der Waals surface area contributed by atoms with Crippen LogP contribution < -0.4 is 14.9 Å². The third-order valence-corrected chi connectivity index (χ3v) is 6.13. The maximum absolute atomic E-state index is 11.3. The first-order chi connectivity index (χ1) is 17.4. The number of hydrogen-bond acceptors (Lipinski definition) is 8. The molecule has 1 amide bonds. The summed E-state index contributed by atoms with van der Waals surface area (Å²) >= 11 is 1.42. The SMILES string of the molecule is CCOc1ccc2nc(-[n+]3nc(-c4ccc(NC(C)=O)cc4)nn3-c3ccc([N+](=O)[O-])cc3)sc2c1. The lowest BCUT2D eigenvalue weighted by Gasteiger charge is -2.00. The second-order valence-electron chi connectivity index (χ2n) is 7.69. The van der Waals surface area contributed by atoms with Gasteiger partial charge in [0.1, 0.15) is 11.4 Å². The fourth-order valence-electron chi connectivity index (χ4n) is 3.54. The number of hydrogen-bond donors (Lipinski definition) is 1. The number of nitro groups is 1. The van der Waals surface area contributed by atoms with Crippen molar-refractivity contribution in [3.8, 4) is 28.0 Å². The molecule has 0 bridgehead atoms. The number of benzene rings is 3. The third-order valence-electron chi connectivity index (χ3n) is 5.14. The van der Waals surface area contributed by atoms with Crippen molar-refractivity contribution in [1.29, 1.82) is 0 Å². The zero-order valence-electron chi connectivity index (χ0n) is 19.3. The van der Waals surface area contributed by atoms with E-state index in [1.807, 2.05) is 25.1 Å². The van der Waals surface area contributed by atoms with Crippen LogP contribution in [0.25, 0.3) is 32.4 Å². The van der Waals surface area contributed by atoms with E-state index < -0.39 is 4.92 Å². The summed E-state index contributed by atoms with van der Waals surface area (Å²) in [4.78, 5) is 29.8. The van der Waals surface area contributed by atoms with Crippen molar-refractivity contribution in [2.75, 3.05) is 11.9 Å². The summed E-state index contributed by atoms with van der Waals surface area (Å²) in [6.07, 6.45) is 0. The summed E-state index contributed by atoms with van der Waals surface area (Å²) in [6.45, 7) is 3.93. The minimum Gasteiger partial charge on any atom is -0.494 e. The maximum Gasteiger partial charge on any atom is 0.365 e. The Morgan fingerprint density at radius 2 is 1.89 bits per heavy atom. The highest BCUT2D eigenvalue weighted by molar-refractivity contribution is 7.20. The van der Waals surface area contributed by atoms with Gasteiger partial charge in [0.15, 0.2) is 5.52 Å². The molecule has 36 heavy (non-hydrogen) atoms. The molecule has 5 aromatic rings. The predicted octanol–water partition coefficient (Wildman–Crippen LogP) is 4.09. The highest BCUT2D eigenvalue weighted by Gasteiger charge is 2.25. The number of thiazole rings is 1. The van der Waals surface area contributed by atoms with Crippen molar-refractivity contribution in [2.24, 2.45) is 0 Å². The van der Waals surface area contributed by atoms with E-state index in [1.54, 1.807) is 46.0 Å². The van der Waals surface area contributed by atoms with Crippen LogP contribution in [0.3, 0.4) is 0 Å². The molecule has 11 nitrogen and oxygen atoms in total. The minimum absolute atomic E-state index is 0.0253. The number of non-ortho nitro benzene ring substituents is 1. The van der Waals surface area contributed by atoms with Gasteiger partial charge in [-0.15, -0.1) is 0 Å². The Bertz CT molecular complexity index is 1580. The van der Waals surface area contributed by atoms with Crippen LogP contribution in [-0.4, -0.2) is 37.4 Å². The number of fused-ring (bicyclic) bond motifs is 1. The van der Waals surface area contributed by atoms with Gasteiger partial charge in [-0.3, -0.25) is 14.9 Å². The molecule has 12 heteroatoms. The molecule has 0 aliphatic carbocycles. The maximum atomic E-state index is 11.3. The number of amides is 1. The van der Waals surface area contributed by atoms with E-state index in [2.05, 4.69) is 10.4 Å². The quantitative estimate of drug-likeness (QED) is 0.202. The second-order valence-corrected chi connectivity index (χ2v) is 8.70. The van der Waals surface area contributed by atoms with Gasteiger partial charge >= 0.3 is 5.13 Å². The molecule has 2 heterocycles. The van der Waals surface area contributed by atoms with Crippen LogP contribution in [0.1, 0.15) is 13.8 Å². The van der Waals surface area contributed by atoms with E-state index in [-0.39, 0.29) is 11.6 Å². The number of tetrazole rings is 1. The normalized spacial score (nSPS) is 10.9. The largest absolute Gasteiger partial charge is 0.494 e. The van der Waals surface area contributed by atoms with Gasteiger partial charge in [-0.1, -0.05) is 16.3 Å². The zero-order valence-corrected chi connectivity index (χ0v) is 20.1. The van der Waals surface area contributed by atoms with Crippen LogP contribution in [0.4, 0.5) is 11.4 Å². The molecule has 2 aromatic heterocycles. The molecule has 0 atom stereocenters. The first-order valence-corrected chi connectivity index (χ1v) is 11.8. The first-order valence-electron chi connectivity index (χ1n) is 11.0. The van der Waals surface area contributed by atoms with Gasteiger partial charge in [-0.2, -0.15) is 0 Å². The number of carbonyl (C=O) groups is 1. The standard InChI is InChI=1S/C24H19N7O4S/c1-3-35-20-12-13-21-22(14-20)36-24(26-21)30-28-23(16-4-6-17(7-5-16)25-15(2)32)27-29(30)18-8-10-19(11-9-18)31(33)34/h4-14H,3H2,1-2H3/p+1. The molecule has 0 saturated heterocycles. The summed E-state index contributed by atoms with van der Waals surface area (Å²) in [5.41, 5.74) is 2.71. The lowest BCUT2D eigenvalue weighted by atomic mass is 10.2. The van der Waals surface area contributed by atoms with Gasteiger partial charge < -0.3 is 10.1 Å². The number of anilines is 1. The lowest BCUT2D eigenvalue weighted by Crippen LogP contribution is -2.43. The van der Waals surface area contributed by atoms with Crippen molar-refractivity contribution in [3.05, 3.63) is 76.8 Å². The van der Waals surface area contributed by atoms with Crippen LogP contribution in [0, 0.1) is 10.1 Å². The molecule has 5 rings (SSSR count). The molecule has 180 valence electrons. The minimum atomic E-state index is -0.454. The monoisotopic (exact) mass is 502 g/mol. The van der Waals surface area contributed by atoms with Crippen molar-refractivity contribution in [2.45, 2.75) is 13.8 Å². The number of nitrogens with zero attached hydrogens (tertiary/aromatic N) is 6. The van der Waals surface area contributed by atoms with Gasteiger partial charge in [0.25, 0.3) is 11.5 Å². The van der Waals surface area contributed by atoms with Crippen molar-refractivity contribution in [1.82, 2.24) is 20.0 Å². The van der Waals surface area contributed by atoms with Crippen LogP contribution in [0.15, 0.2) is 66.7 Å². The van der Waals surface area contributed by atoms with E-state index in [9.17, 15) is 14.9 Å². The molecule has 0 aliphatic heterocycles. The first kappa shape index (κ1) is 23.1. The number of aromatic nitrogens is 5. The molecule has 3 aromatic carbocycles. The Balaban J connectivity index is 1.61. The number of nitrogens with one attached hydrogen (secondary N) is 1. The Labute approximate surface area is 208 Å². The summed E-state index contributed by atoms with van der Waals surface area (Å²) in [6, 6.07) is 18.8. The topological polar surface area (TPSA) is 129 Å². The summed E-state index contributed by atoms with van der Waals surface area (Å²) in [7, 11) is 0. The van der Waals surface area contributed by atoms with Crippen molar-refractivity contribution in [3.63, 3.8) is 0 Å². The van der Waals surface area contributed by atoms with Crippen LogP contribution in [0.5, 0.6) is 5.75 Å². The molecule has 1 N–H and O–H groups in total. The van der Waals surface area contributed by atoms with Crippen LogP contribution in [-0.2, 0) is 4.79 Å². The number of rotatable bonds is 7. The van der Waals surface area contributed by atoms with Gasteiger partial charge in [0, 0.05) is 41.5 Å². The summed E-state index contributed by atoms with van der Waals surface area (Å²) in [5, 5.41) is 23.8. The number of carbonyl (C=O) groups excluding carboxylic acids is 1.